The predicted molar refractivity (Wildman–Crippen MR) is 94.1 cm³/mol. The van der Waals surface area contributed by atoms with Gasteiger partial charge in [0.15, 0.2) is 0 Å². The number of hydrogen-bond donors (Lipinski definition) is 1. The zero-order valence-corrected chi connectivity index (χ0v) is 14.4. The lowest BCUT2D eigenvalue weighted by molar-refractivity contribution is -0.121. The van der Waals surface area contributed by atoms with E-state index in [4.69, 9.17) is 4.74 Å². The Morgan fingerprint density at radius 3 is 3.00 bits per heavy atom. The van der Waals surface area contributed by atoms with Crippen LogP contribution in [0.2, 0.25) is 0 Å². The molecule has 4 heteroatoms. The monoisotopic (exact) mass is 328 g/mol. The van der Waals surface area contributed by atoms with Crippen LogP contribution in [0.1, 0.15) is 42.4 Å². The van der Waals surface area contributed by atoms with Gasteiger partial charge in [0, 0.05) is 19.1 Å². The summed E-state index contributed by atoms with van der Waals surface area (Å²) in [6.07, 6.45) is 8.10. The molecular weight excluding hydrogens is 300 g/mol. The molecule has 130 valence electrons. The highest BCUT2D eigenvalue weighted by Crippen LogP contribution is 2.23. The van der Waals surface area contributed by atoms with Crippen molar-refractivity contribution in [2.75, 3.05) is 26.2 Å². The van der Waals surface area contributed by atoms with Gasteiger partial charge in [0.05, 0.1) is 19.1 Å². The molecule has 0 spiro atoms. The molecule has 0 radical (unpaired) electrons. The summed E-state index contributed by atoms with van der Waals surface area (Å²) in [6.45, 7) is 3.61. The molecule has 2 saturated heterocycles. The summed E-state index contributed by atoms with van der Waals surface area (Å²) in [5, 5.41) is 3.07. The van der Waals surface area contributed by atoms with E-state index in [2.05, 4.69) is 28.4 Å². The van der Waals surface area contributed by atoms with Gasteiger partial charge in [-0.2, -0.15) is 0 Å². The molecule has 3 aliphatic rings. The fourth-order valence-electron chi connectivity index (χ4n) is 4.38. The molecule has 2 aliphatic heterocycles. The molecule has 1 aliphatic carbocycles. The fourth-order valence-corrected chi connectivity index (χ4v) is 4.38. The number of aryl methyl sites for hydroxylation is 2. The highest BCUT2D eigenvalue weighted by atomic mass is 16.5. The summed E-state index contributed by atoms with van der Waals surface area (Å²) in [5.74, 6) is 0.109. The fraction of sp³-hybridized carbons (Fsp3) is 0.650. The van der Waals surface area contributed by atoms with Gasteiger partial charge in [-0.15, -0.1) is 0 Å². The Hall–Kier alpha value is -1.39. The Balaban J connectivity index is 1.26. The normalized spacial score (nSPS) is 26.7. The van der Waals surface area contributed by atoms with Crippen LogP contribution in [0.25, 0.3) is 0 Å². The SMILES string of the molecule is O=C(Cc1ccc2c(c1)CCCC2)NC[C@H]1CN2CCC[C@@H]2CO1. The molecule has 1 aromatic rings. The summed E-state index contributed by atoms with van der Waals surface area (Å²) in [5.41, 5.74) is 4.06. The first-order valence-corrected chi connectivity index (χ1v) is 9.51. The number of nitrogens with zero attached hydrogens (tertiary/aromatic N) is 1. The van der Waals surface area contributed by atoms with Crippen LogP contribution in [0, 0.1) is 0 Å². The summed E-state index contributed by atoms with van der Waals surface area (Å²) in [4.78, 5) is 14.8. The van der Waals surface area contributed by atoms with Crippen LogP contribution < -0.4 is 5.32 Å². The maximum absolute atomic E-state index is 12.3. The number of benzene rings is 1. The Labute approximate surface area is 144 Å². The second-order valence-corrected chi connectivity index (χ2v) is 7.54. The van der Waals surface area contributed by atoms with Crippen molar-refractivity contribution in [3.8, 4) is 0 Å². The molecule has 1 aromatic carbocycles. The number of hydrogen-bond acceptors (Lipinski definition) is 3. The van der Waals surface area contributed by atoms with E-state index >= 15 is 0 Å². The molecule has 24 heavy (non-hydrogen) atoms. The molecule has 4 rings (SSSR count). The van der Waals surface area contributed by atoms with E-state index in [1.807, 2.05) is 0 Å². The lowest BCUT2D eigenvalue weighted by atomic mass is 9.90. The number of rotatable bonds is 4. The largest absolute Gasteiger partial charge is 0.373 e. The van der Waals surface area contributed by atoms with E-state index in [9.17, 15) is 4.79 Å². The lowest BCUT2D eigenvalue weighted by Crippen LogP contribution is -2.50. The second-order valence-electron chi connectivity index (χ2n) is 7.54. The Bertz CT molecular complexity index is 601. The van der Waals surface area contributed by atoms with E-state index in [0.717, 1.165) is 25.1 Å². The lowest BCUT2D eigenvalue weighted by Gasteiger charge is -2.35. The zero-order chi connectivity index (χ0) is 16.4. The first-order valence-electron chi connectivity index (χ1n) is 9.51. The molecule has 1 N–H and O–H groups in total. The average molecular weight is 328 g/mol. The van der Waals surface area contributed by atoms with Gasteiger partial charge in [-0.3, -0.25) is 9.69 Å². The minimum atomic E-state index is 0.109. The van der Waals surface area contributed by atoms with E-state index in [1.54, 1.807) is 0 Å². The van der Waals surface area contributed by atoms with Crippen LogP contribution in [0.5, 0.6) is 0 Å². The van der Waals surface area contributed by atoms with Crippen molar-refractivity contribution in [1.29, 1.82) is 0 Å². The number of carbonyl (C=O) groups excluding carboxylic acids is 1. The van der Waals surface area contributed by atoms with Gasteiger partial charge in [-0.25, -0.2) is 0 Å². The number of nitrogens with one attached hydrogen (secondary N) is 1. The molecule has 4 nitrogen and oxygen atoms in total. The van der Waals surface area contributed by atoms with Gasteiger partial charge in [0.1, 0.15) is 0 Å². The van der Waals surface area contributed by atoms with Crippen molar-refractivity contribution in [3.63, 3.8) is 0 Å². The van der Waals surface area contributed by atoms with Crippen molar-refractivity contribution < 1.29 is 9.53 Å². The standard InChI is InChI=1S/C20H28N2O2/c23-20(11-15-7-8-16-4-1-2-5-17(16)10-15)21-12-19-13-22-9-3-6-18(22)14-24-19/h7-8,10,18-19H,1-6,9,11-14H2,(H,21,23)/t18-,19+/m1/s1. The third-order valence-electron chi connectivity index (χ3n) is 5.77. The molecule has 2 atom stereocenters. The van der Waals surface area contributed by atoms with Gasteiger partial charge in [-0.05, 0) is 61.8 Å². The molecular formula is C20H28N2O2. The first-order chi connectivity index (χ1) is 11.8. The van der Waals surface area contributed by atoms with Gasteiger partial charge >= 0.3 is 0 Å². The molecule has 2 fully saturated rings. The van der Waals surface area contributed by atoms with Crippen molar-refractivity contribution >= 4 is 5.91 Å². The van der Waals surface area contributed by atoms with Crippen molar-refractivity contribution in [2.24, 2.45) is 0 Å². The molecule has 2 heterocycles. The Kier molecular flexibility index (Phi) is 4.86. The highest BCUT2D eigenvalue weighted by Gasteiger charge is 2.32. The van der Waals surface area contributed by atoms with E-state index in [-0.39, 0.29) is 12.0 Å². The summed E-state index contributed by atoms with van der Waals surface area (Å²) in [7, 11) is 0. The van der Waals surface area contributed by atoms with Crippen LogP contribution in [0.3, 0.4) is 0 Å². The van der Waals surface area contributed by atoms with Crippen LogP contribution in [-0.2, 0) is 28.8 Å². The molecule has 0 bridgehead atoms. The molecule has 0 aromatic heterocycles. The third kappa shape index (κ3) is 3.65. The van der Waals surface area contributed by atoms with E-state index in [1.165, 1.54) is 49.8 Å². The minimum Gasteiger partial charge on any atom is -0.373 e. The number of fused-ring (bicyclic) bond motifs is 2. The molecule has 0 unspecified atom stereocenters. The minimum absolute atomic E-state index is 0.109. The third-order valence-corrected chi connectivity index (χ3v) is 5.77. The second kappa shape index (κ2) is 7.24. The quantitative estimate of drug-likeness (QED) is 0.920. The summed E-state index contributed by atoms with van der Waals surface area (Å²) in [6, 6.07) is 7.19. The summed E-state index contributed by atoms with van der Waals surface area (Å²) < 4.78 is 5.91. The number of carbonyl (C=O) groups is 1. The predicted octanol–water partition coefficient (Wildman–Crippen LogP) is 2.09. The van der Waals surface area contributed by atoms with Crippen molar-refractivity contribution in [2.45, 2.75) is 57.1 Å². The average Bonchev–Trinajstić information content (AvgIpc) is 3.07. The number of ether oxygens (including phenoxy) is 1. The van der Waals surface area contributed by atoms with E-state index in [0.29, 0.717) is 19.0 Å². The van der Waals surface area contributed by atoms with Crippen LogP contribution >= 0.6 is 0 Å². The first kappa shape index (κ1) is 16.1. The Morgan fingerprint density at radius 1 is 1.21 bits per heavy atom. The number of amides is 1. The smallest absolute Gasteiger partial charge is 0.224 e. The van der Waals surface area contributed by atoms with Gasteiger partial charge in [0.2, 0.25) is 5.91 Å². The molecule has 1 amide bonds. The molecule has 0 saturated carbocycles. The highest BCUT2D eigenvalue weighted by molar-refractivity contribution is 5.78. The van der Waals surface area contributed by atoms with Gasteiger partial charge < -0.3 is 10.1 Å². The van der Waals surface area contributed by atoms with Crippen LogP contribution in [0.4, 0.5) is 0 Å². The van der Waals surface area contributed by atoms with Crippen molar-refractivity contribution in [3.05, 3.63) is 34.9 Å². The number of morpholine rings is 1. The maximum atomic E-state index is 12.3. The van der Waals surface area contributed by atoms with Crippen LogP contribution in [-0.4, -0.2) is 49.2 Å². The van der Waals surface area contributed by atoms with E-state index < -0.39 is 0 Å². The van der Waals surface area contributed by atoms with Gasteiger partial charge in [0.25, 0.3) is 0 Å². The zero-order valence-electron chi connectivity index (χ0n) is 14.4. The maximum Gasteiger partial charge on any atom is 0.224 e. The Morgan fingerprint density at radius 2 is 2.08 bits per heavy atom. The van der Waals surface area contributed by atoms with Crippen molar-refractivity contribution in [1.82, 2.24) is 10.2 Å². The summed E-state index contributed by atoms with van der Waals surface area (Å²) >= 11 is 0. The topological polar surface area (TPSA) is 41.6 Å². The van der Waals surface area contributed by atoms with Crippen LogP contribution in [0.15, 0.2) is 18.2 Å². The van der Waals surface area contributed by atoms with Gasteiger partial charge in [-0.1, -0.05) is 18.2 Å².